The molecule has 0 unspecified atom stereocenters. The van der Waals surface area contributed by atoms with Crippen LogP contribution in [-0.2, 0) is 17.8 Å². The van der Waals surface area contributed by atoms with Crippen LogP contribution in [0, 0.1) is 13.8 Å². The van der Waals surface area contributed by atoms with Crippen molar-refractivity contribution in [1.82, 2.24) is 19.8 Å². The Morgan fingerprint density at radius 3 is 2.80 bits per heavy atom. The Hall–Kier alpha value is -1.79. The van der Waals surface area contributed by atoms with E-state index < -0.39 is 0 Å². The van der Waals surface area contributed by atoms with Crippen molar-refractivity contribution < 1.29 is 4.74 Å². The molecule has 0 bridgehead atoms. The third-order valence-electron chi connectivity index (χ3n) is 3.30. The van der Waals surface area contributed by atoms with Crippen LogP contribution < -0.4 is 0 Å². The van der Waals surface area contributed by atoms with Crippen molar-refractivity contribution in [3.63, 3.8) is 0 Å². The first kappa shape index (κ1) is 13.2. The van der Waals surface area contributed by atoms with Gasteiger partial charge in [0, 0.05) is 13.5 Å². The van der Waals surface area contributed by atoms with Gasteiger partial charge in [-0.25, -0.2) is 0 Å². The Bertz CT molecular complexity index is 747. The van der Waals surface area contributed by atoms with E-state index in [1.165, 1.54) is 16.7 Å². The fraction of sp³-hybridized carbons (Fsp3) is 0.357. The van der Waals surface area contributed by atoms with Gasteiger partial charge < -0.3 is 4.74 Å². The summed E-state index contributed by atoms with van der Waals surface area (Å²) in [5, 5.41) is 13.8. The molecule has 5 nitrogen and oxygen atoms in total. The predicted octanol–water partition coefficient (Wildman–Crippen LogP) is 2.54. The molecule has 0 saturated heterocycles. The maximum absolute atomic E-state index is 5.09. The average molecular weight is 288 g/mol. The largest absolute Gasteiger partial charge is 0.377 e. The lowest BCUT2D eigenvalue weighted by atomic mass is 10.0. The van der Waals surface area contributed by atoms with Crippen molar-refractivity contribution in [3.8, 4) is 0 Å². The summed E-state index contributed by atoms with van der Waals surface area (Å²) in [4.78, 5) is 0.816. The van der Waals surface area contributed by atoms with Crippen molar-refractivity contribution in [3.05, 3.63) is 45.7 Å². The molecule has 3 rings (SSSR count). The van der Waals surface area contributed by atoms with E-state index in [2.05, 4.69) is 47.3 Å². The molecular weight excluding hydrogens is 272 g/mol. The van der Waals surface area contributed by atoms with Gasteiger partial charge in [-0.15, -0.1) is 10.2 Å². The Balaban J connectivity index is 1.88. The van der Waals surface area contributed by atoms with Crippen LogP contribution in [0.4, 0.5) is 0 Å². The molecule has 0 aliphatic rings. The monoisotopic (exact) mass is 288 g/mol. The Morgan fingerprint density at radius 2 is 2.05 bits per heavy atom. The Morgan fingerprint density at radius 1 is 1.20 bits per heavy atom. The normalized spacial score (nSPS) is 11.3. The lowest BCUT2D eigenvalue weighted by Gasteiger charge is -2.03. The van der Waals surface area contributed by atoms with Crippen LogP contribution in [-0.4, -0.2) is 26.9 Å². The predicted molar refractivity (Wildman–Crippen MR) is 78.1 cm³/mol. The molecule has 1 aromatic carbocycles. The zero-order chi connectivity index (χ0) is 14.1. The molecule has 2 aromatic heterocycles. The number of aromatic nitrogens is 4. The van der Waals surface area contributed by atoms with Gasteiger partial charge in [0.1, 0.15) is 11.6 Å². The minimum Gasteiger partial charge on any atom is -0.377 e. The molecule has 0 saturated carbocycles. The second-order valence-electron chi connectivity index (χ2n) is 4.83. The minimum absolute atomic E-state index is 0.425. The molecule has 0 radical (unpaired) electrons. The summed E-state index contributed by atoms with van der Waals surface area (Å²) in [6, 6.07) is 6.52. The number of benzene rings is 1. The Kier molecular flexibility index (Phi) is 3.50. The fourth-order valence-corrected chi connectivity index (χ4v) is 2.96. The number of methoxy groups -OCH3 is 1. The molecule has 0 spiro atoms. The van der Waals surface area contributed by atoms with Crippen LogP contribution in [0.1, 0.15) is 27.5 Å². The summed E-state index contributed by atoms with van der Waals surface area (Å²) < 4.78 is 6.86. The summed E-state index contributed by atoms with van der Waals surface area (Å²) in [7, 11) is 1.64. The molecule has 0 amide bonds. The lowest BCUT2D eigenvalue weighted by molar-refractivity contribution is 0.176. The first-order valence-electron chi connectivity index (χ1n) is 6.42. The highest BCUT2D eigenvalue weighted by molar-refractivity contribution is 7.16. The van der Waals surface area contributed by atoms with Gasteiger partial charge in [0.15, 0.2) is 5.82 Å². The van der Waals surface area contributed by atoms with Gasteiger partial charge in [-0.05, 0) is 30.5 Å². The molecule has 3 aromatic rings. The number of ether oxygens (including phenoxy) is 1. The van der Waals surface area contributed by atoms with Gasteiger partial charge in [0.25, 0.3) is 0 Å². The maximum Gasteiger partial charge on any atom is 0.234 e. The van der Waals surface area contributed by atoms with Crippen molar-refractivity contribution in [2.75, 3.05) is 7.11 Å². The summed E-state index contributed by atoms with van der Waals surface area (Å²) in [6.07, 6.45) is 0.821. The first-order valence-corrected chi connectivity index (χ1v) is 7.24. The second-order valence-corrected chi connectivity index (χ2v) is 5.88. The highest BCUT2D eigenvalue weighted by atomic mass is 32.1. The number of hydrogen-bond acceptors (Lipinski definition) is 5. The third kappa shape index (κ3) is 2.44. The van der Waals surface area contributed by atoms with Gasteiger partial charge in [0.2, 0.25) is 4.96 Å². The van der Waals surface area contributed by atoms with Crippen LogP contribution in [0.2, 0.25) is 0 Å². The standard InChI is InChI=1S/C14H16N4OS/c1-9-4-5-11(6-10(9)2)7-13-17-18-12(8-19-3)15-16-14(18)20-13/h4-6H,7-8H2,1-3H3. The van der Waals surface area contributed by atoms with E-state index in [-0.39, 0.29) is 0 Å². The van der Waals surface area contributed by atoms with E-state index in [1.807, 2.05) is 0 Å². The van der Waals surface area contributed by atoms with Crippen LogP contribution in [0.5, 0.6) is 0 Å². The highest BCUT2D eigenvalue weighted by Crippen LogP contribution is 2.19. The van der Waals surface area contributed by atoms with Crippen LogP contribution in [0.25, 0.3) is 4.96 Å². The quantitative estimate of drug-likeness (QED) is 0.740. The molecule has 2 heterocycles. The topological polar surface area (TPSA) is 52.3 Å². The second kappa shape index (κ2) is 5.30. The van der Waals surface area contributed by atoms with Crippen LogP contribution >= 0.6 is 11.3 Å². The van der Waals surface area contributed by atoms with Crippen molar-refractivity contribution in [2.24, 2.45) is 0 Å². The molecule has 0 aliphatic carbocycles. The lowest BCUT2D eigenvalue weighted by Crippen LogP contribution is -1.98. The number of fused-ring (bicyclic) bond motifs is 1. The van der Waals surface area contributed by atoms with Crippen LogP contribution in [0.15, 0.2) is 18.2 Å². The SMILES string of the molecule is COCc1nnc2sc(Cc3ccc(C)c(C)c3)nn12. The summed E-state index contributed by atoms with van der Waals surface area (Å²) >= 11 is 1.57. The van der Waals surface area contributed by atoms with Crippen molar-refractivity contribution in [1.29, 1.82) is 0 Å². The van der Waals surface area contributed by atoms with Crippen LogP contribution in [0.3, 0.4) is 0 Å². The zero-order valence-corrected chi connectivity index (χ0v) is 12.6. The van der Waals surface area contributed by atoms with E-state index in [0.29, 0.717) is 6.61 Å². The first-order chi connectivity index (χ1) is 9.67. The number of rotatable bonds is 4. The molecule has 0 aliphatic heterocycles. The molecule has 104 valence electrons. The molecule has 0 N–H and O–H groups in total. The molecule has 6 heteroatoms. The van der Waals surface area contributed by atoms with E-state index >= 15 is 0 Å². The van der Waals surface area contributed by atoms with E-state index in [1.54, 1.807) is 23.0 Å². The van der Waals surface area contributed by atoms with E-state index in [9.17, 15) is 0 Å². The molecule has 0 fully saturated rings. The van der Waals surface area contributed by atoms with Gasteiger partial charge in [0.05, 0.1) is 0 Å². The highest BCUT2D eigenvalue weighted by Gasteiger charge is 2.11. The van der Waals surface area contributed by atoms with E-state index in [0.717, 1.165) is 22.2 Å². The molecule has 20 heavy (non-hydrogen) atoms. The summed E-state index contributed by atoms with van der Waals surface area (Å²) in [5.41, 5.74) is 3.89. The smallest absolute Gasteiger partial charge is 0.234 e. The summed E-state index contributed by atoms with van der Waals surface area (Å²) in [6.45, 7) is 4.68. The van der Waals surface area contributed by atoms with Crippen molar-refractivity contribution in [2.45, 2.75) is 26.9 Å². The maximum atomic E-state index is 5.09. The molecule has 0 atom stereocenters. The average Bonchev–Trinajstić information content (AvgIpc) is 2.96. The third-order valence-corrected chi connectivity index (χ3v) is 4.20. The van der Waals surface area contributed by atoms with E-state index in [4.69, 9.17) is 4.74 Å². The fourth-order valence-electron chi connectivity index (χ4n) is 2.08. The van der Waals surface area contributed by atoms with Crippen molar-refractivity contribution >= 4 is 16.3 Å². The van der Waals surface area contributed by atoms with Gasteiger partial charge in [-0.2, -0.15) is 9.61 Å². The summed E-state index contributed by atoms with van der Waals surface area (Å²) in [5.74, 6) is 0.741. The number of nitrogens with zero attached hydrogens (tertiary/aromatic N) is 4. The van der Waals surface area contributed by atoms with Gasteiger partial charge in [-0.3, -0.25) is 0 Å². The number of aryl methyl sites for hydroxylation is 2. The number of hydrogen-bond donors (Lipinski definition) is 0. The van der Waals surface area contributed by atoms with Gasteiger partial charge >= 0.3 is 0 Å². The molecular formula is C14H16N4OS. The Labute approximate surface area is 121 Å². The minimum atomic E-state index is 0.425. The zero-order valence-electron chi connectivity index (χ0n) is 11.8. The van der Waals surface area contributed by atoms with Gasteiger partial charge in [-0.1, -0.05) is 29.5 Å².